The zero-order valence-corrected chi connectivity index (χ0v) is 35.7. The van der Waals surface area contributed by atoms with Gasteiger partial charge in [-0.05, 0) is 64.2 Å². The Hall–Kier alpha value is -4.53. The van der Waals surface area contributed by atoms with Gasteiger partial charge in [0, 0.05) is 19.3 Å². The van der Waals surface area contributed by atoms with Crippen molar-refractivity contribution in [3.8, 4) is 0 Å². The van der Waals surface area contributed by atoms with Gasteiger partial charge in [-0.3, -0.25) is 9.59 Å². The van der Waals surface area contributed by atoms with Gasteiger partial charge < -0.3 is 23.8 Å². The maximum absolute atomic E-state index is 12.7. The van der Waals surface area contributed by atoms with Crippen LogP contribution in [-0.4, -0.2) is 80.6 Å². The molecule has 0 saturated carbocycles. The van der Waals surface area contributed by atoms with E-state index < -0.39 is 24.1 Å². The summed E-state index contributed by atoms with van der Waals surface area (Å²) >= 11 is 0. The Kier molecular flexibility index (Phi) is 35.3. The lowest BCUT2D eigenvalue weighted by atomic mass is 10.1. The molecule has 0 bridgehead atoms. The van der Waals surface area contributed by atoms with Crippen LogP contribution in [0.1, 0.15) is 104 Å². The minimum Gasteiger partial charge on any atom is -0.477 e. The summed E-state index contributed by atoms with van der Waals surface area (Å²) in [6.45, 7) is 4.30. The lowest BCUT2D eigenvalue weighted by Crippen LogP contribution is -2.50. The van der Waals surface area contributed by atoms with Gasteiger partial charge >= 0.3 is 17.9 Å². The molecule has 0 heterocycles. The number of carbonyl (C=O) groups is 3. The molecule has 0 aromatic carbocycles. The molecule has 0 radical (unpaired) electrons. The number of hydrogen-bond donors (Lipinski definition) is 1. The van der Waals surface area contributed by atoms with E-state index in [2.05, 4.69) is 74.6 Å². The highest BCUT2D eigenvalue weighted by molar-refractivity contribution is 5.72. The second-order valence-corrected chi connectivity index (χ2v) is 14.3. The van der Waals surface area contributed by atoms with Crippen molar-refractivity contribution in [3.63, 3.8) is 0 Å². The molecule has 0 amide bonds. The molecule has 0 spiro atoms. The lowest BCUT2D eigenvalue weighted by Gasteiger charge is -2.31. The molecule has 8 nitrogen and oxygen atoms in total. The average molecular weight is 789 g/mol. The molecule has 0 saturated heterocycles. The third-order valence-electron chi connectivity index (χ3n) is 8.22. The van der Waals surface area contributed by atoms with Crippen LogP contribution < -0.4 is 0 Å². The number of allylic oxidation sites excluding steroid dienone is 22. The quantitative estimate of drug-likeness (QED) is 0.0228. The van der Waals surface area contributed by atoms with E-state index >= 15 is 0 Å². The highest BCUT2D eigenvalue weighted by atomic mass is 16.6. The highest BCUT2D eigenvalue weighted by Crippen LogP contribution is 2.10. The molecule has 0 aliphatic rings. The SMILES string of the molecule is CC/C=C/C=C/C=C/C=C/C=C/C=C/CCCCCC(=O)OCC(COCCC(C(=O)O)[N+](C)(C)C)OC(=O)CC/C=C/C/C=C/C/C=C/C/C=C/C/C=C/CC. The second-order valence-electron chi connectivity index (χ2n) is 14.3. The predicted octanol–water partition coefficient (Wildman–Crippen LogP) is 11.2. The van der Waals surface area contributed by atoms with Crippen molar-refractivity contribution >= 4 is 17.9 Å². The number of carboxylic acid groups (broad SMARTS) is 1. The monoisotopic (exact) mass is 789 g/mol. The van der Waals surface area contributed by atoms with Crippen LogP contribution in [0.5, 0.6) is 0 Å². The normalized spacial score (nSPS) is 14.3. The van der Waals surface area contributed by atoms with Gasteiger partial charge in [-0.2, -0.15) is 0 Å². The second kappa shape index (κ2) is 38.3. The Bertz CT molecular complexity index is 1380. The molecule has 0 aliphatic heterocycles. The third-order valence-corrected chi connectivity index (χ3v) is 8.22. The number of carbonyl (C=O) groups excluding carboxylic acids is 2. The maximum atomic E-state index is 12.7. The zero-order valence-electron chi connectivity index (χ0n) is 35.7. The van der Waals surface area contributed by atoms with Gasteiger partial charge in [-0.15, -0.1) is 0 Å². The standard InChI is InChI=1S/C49H73NO7/c1-6-8-10-12-14-16-18-20-22-24-26-27-29-31-33-35-37-39-47(51)56-44-45(43-55-42-41-46(49(53)54)50(3,4)5)57-48(52)40-38-36-34-32-30-28-25-23-21-19-17-15-13-11-9-7-2/h8-12,14-18,20-24,26-30,34,36,45-46H,6-7,13,19,25,31-33,35,37-44H2,1-5H3/p+1/b10-8+,11-9+,14-12+,17-15+,18-16+,22-20+,23-21+,26-24+,29-27+,30-28+,36-34+. The van der Waals surface area contributed by atoms with E-state index in [1.54, 1.807) is 0 Å². The maximum Gasteiger partial charge on any atom is 0.362 e. The van der Waals surface area contributed by atoms with Gasteiger partial charge in [0.05, 0.1) is 34.4 Å². The first kappa shape index (κ1) is 52.5. The Balaban J connectivity index is 4.63. The summed E-state index contributed by atoms with van der Waals surface area (Å²) in [5.41, 5.74) is 0. The first-order valence-electron chi connectivity index (χ1n) is 20.8. The number of rotatable bonds is 34. The van der Waals surface area contributed by atoms with E-state index in [1.807, 2.05) is 94.1 Å². The van der Waals surface area contributed by atoms with Crippen molar-refractivity contribution in [2.75, 3.05) is 41.0 Å². The van der Waals surface area contributed by atoms with E-state index in [0.717, 1.165) is 57.8 Å². The van der Waals surface area contributed by atoms with Crippen LogP contribution in [0.4, 0.5) is 0 Å². The third kappa shape index (κ3) is 36.8. The van der Waals surface area contributed by atoms with Gasteiger partial charge in [-0.25, -0.2) is 4.79 Å². The molecule has 8 heteroatoms. The Morgan fingerprint density at radius 2 is 1.05 bits per heavy atom. The molecule has 0 fully saturated rings. The van der Waals surface area contributed by atoms with Crippen molar-refractivity contribution in [2.45, 2.75) is 116 Å². The van der Waals surface area contributed by atoms with Crippen LogP contribution in [0.2, 0.25) is 0 Å². The molecule has 57 heavy (non-hydrogen) atoms. The zero-order chi connectivity index (χ0) is 42.1. The topological polar surface area (TPSA) is 99.1 Å². The van der Waals surface area contributed by atoms with Gasteiger partial charge in [0.15, 0.2) is 12.1 Å². The molecule has 316 valence electrons. The molecular weight excluding hydrogens is 715 g/mol. The first-order chi connectivity index (χ1) is 27.6. The van der Waals surface area contributed by atoms with E-state index in [-0.39, 0.29) is 43.1 Å². The molecule has 0 aliphatic carbocycles. The van der Waals surface area contributed by atoms with Crippen LogP contribution in [0.3, 0.4) is 0 Å². The Labute approximate surface area is 345 Å². The molecule has 1 N–H and O–H groups in total. The number of nitrogens with zero attached hydrogens (tertiary/aromatic N) is 1. The molecule has 0 aromatic heterocycles. The Morgan fingerprint density at radius 3 is 1.58 bits per heavy atom. The van der Waals surface area contributed by atoms with Crippen molar-refractivity contribution in [1.82, 2.24) is 0 Å². The fourth-order valence-corrected chi connectivity index (χ4v) is 5.05. The van der Waals surface area contributed by atoms with Crippen LogP contribution >= 0.6 is 0 Å². The molecule has 2 atom stereocenters. The van der Waals surface area contributed by atoms with Crippen LogP contribution in [0.25, 0.3) is 0 Å². The molecule has 0 rings (SSSR count). The number of carboxylic acids is 1. The Morgan fingerprint density at radius 1 is 0.544 bits per heavy atom. The number of likely N-dealkylation sites (N-methyl/N-ethyl adjacent to an activating group) is 1. The largest absolute Gasteiger partial charge is 0.477 e. The highest BCUT2D eigenvalue weighted by Gasteiger charge is 2.31. The number of ether oxygens (including phenoxy) is 3. The van der Waals surface area contributed by atoms with Crippen molar-refractivity contribution in [3.05, 3.63) is 134 Å². The fourth-order valence-electron chi connectivity index (χ4n) is 5.05. The summed E-state index contributed by atoms with van der Waals surface area (Å²) in [4.78, 5) is 36.9. The van der Waals surface area contributed by atoms with E-state index in [1.165, 1.54) is 0 Å². The molecule has 0 aromatic rings. The van der Waals surface area contributed by atoms with Crippen LogP contribution in [-0.2, 0) is 28.6 Å². The van der Waals surface area contributed by atoms with E-state index in [0.29, 0.717) is 19.3 Å². The minimum absolute atomic E-state index is 0.00568. The van der Waals surface area contributed by atoms with Crippen molar-refractivity contribution in [1.29, 1.82) is 0 Å². The summed E-state index contributed by atoms with van der Waals surface area (Å²) < 4.78 is 17.1. The fraction of sp³-hybridized carbons (Fsp3) is 0.490. The van der Waals surface area contributed by atoms with Gasteiger partial charge in [-0.1, -0.05) is 154 Å². The van der Waals surface area contributed by atoms with Gasteiger partial charge in [0.25, 0.3) is 0 Å². The molecular formula is C49H74NO7+. The smallest absolute Gasteiger partial charge is 0.362 e. The minimum atomic E-state index is -0.901. The van der Waals surface area contributed by atoms with Gasteiger partial charge in [0.2, 0.25) is 0 Å². The summed E-state index contributed by atoms with van der Waals surface area (Å²) in [7, 11) is 5.46. The first-order valence-corrected chi connectivity index (χ1v) is 20.8. The van der Waals surface area contributed by atoms with Crippen LogP contribution in [0, 0.1) is 0 Å². The lowest BCUT2D eigenvalue weighted by molar-refractivity contribution is -0.887. The van der Waals surface area contributed by atoms with E-state index in [9.17, 15) is 19.5 Å². The number of aliphatic carboxylic acids is 1. The molecule has 2 unspecified atom stereocenters. The number of esters is 2. The summed E-state index contributed by atoms with van der Waals surface area (Å²) in [6, 6.07) is -0.644. The predicted molar refractivity (Wildman–Crippen MR) is 238 cm³/mol. The van der Waals surface area contributed by atoms with Crippen molar-refractivity contribution < 1.29 is 38.2 Å². The van der Waals surface area contributed by atoms with Gasteiger partial charge in [0.1, 0.15) is 6.61 Å². The number of unbranched alkanes of at least 4 members (excludes halogenated alkanes) is 3. The average Bonchev–Trinajstić information content (AvgIpc) is 3.17. The van der Waals surface area contributed by atoms with E-state index in [4.69, 9.17) is 14.2 Å². The number of quaternary nitrogens is 1. The summed E-state index contributed by atoms with van der Waals surface area (Å²) in [6.07, 6.45) is 55.1. The number of hydrogen-bond acceptors (Lipinski definition) is 6. The van der Waals surface area contributed by atoms with Crippen LogP contribution in [0.15, 0.2) is 134 Å². The van der Waals surface area contributed by atoms with Crippen molar-refractivity contribution in [2.24, 2.45) is 0 Å². The summed E-state index contributed by atoms with van der Waals surface area (Å²) in [5.74, 6) is -1.66. The summed E-state index contributed by atoms with van der Waals surface area (Å²) in [5, 5.41) is 9.61.